The second-order valence-electron chi connectivity index (χ2n) is 6.19. The Morgan fingerprint density at radius 1 is 1.33 bits per heavy atom. The minimum atomic E-state index is -3.05. The third-order valence-corrected chi connectivity index (χ3v) is 6.22. The van der Waals surface area contributed by atoms with Gasteiger partial charge in [-0.1, -0.05) is 12.1 Å². The van der Waals surface area contributed by atoms with E-state index >= 15 is 0 Å². The monoisotopic (exact) mass is 352 g/mol. The van der Waals surface area contributed by atoms with E-state index in [0.29, 0.717) is 17.9 Å². The Bertz CT molecular complexity index is 761. The Morgan fingerprint density at radius 3 is 2.75 bits per heavy atom. The van der Waals surface area contributed by atoms with Gasteiger partial charge < -0.3 is 15.0 Å². The summed E-state index contributed by atoms with van der Waals surface area (Å²) >= 11 is 0. The number of hydrogen-bond donors (Lipinski definition) is 1. The fraction of sp³-hybridized carbons (Fsp3) is 0.500. The second-order valence-corrected chi connectivity index (χ2v) is 8.41. The molecule has 2 atom stereocenters. The van der Waals surface area contributed by atoms with Crippen LogP contribution in [0.25, 0.3) is 0 Å². The molecule has 2 unspecified atom stereocenters. The third kappa shape index (κ3) is 3.38. The number of ether oxygens (including phenoxy) is 1. The molecule has 2 heterocycles. The van der Waals surface area contributed by atoms with E-state index in [-0.39, 0.29) is 42.3 Å². The number of amides is 2. The summed E-state index contributed by atoms with van der Waals surface area (Å²) < 4.78 is 28.2. The Kier molecular flexibility index (Phi) is 4.49. The van der Waals surface area contributed by atoms with Crippen molar-refractivity contribution in [3.05, 3.63) is 24.3 Å². The summed E-state index contributed by atoms with van der Waals surface area (Å²) in [5.74, 6) is -0.217. The minimum absolute atomic E-state index is 0.0182. The Balaban J connectivity index is 1.67. The van der Waals surface area contributed by atoms with Crippen molar-refractivity contribution < 1.29 is 22.7 Å². The average Bonchev–Trinajstić information content (AvgIpc) is 3.09. The van der Waals surface area contributed by atoms with E-state index in [1.54, 1.807) is 17.0 Å². The van der Waals surface area contributed by atoms with Crippen LogP contribution >= 0.6 is 0 Å². The molecule has 2 aliphatic rings. The van der Waals surface area contributed by atoms with Crippen molar-refractivity contribution in [2.24, 2.45) is 5.92 Å². The number of nitrogens with zero attached hydrogens (tertiary/aromatic N) is 1. The normalized spacial score (nSPS) is 25.7. The summed E-state index contributed by atoms with van der Waals surface area (Å²) in [7, 11) is -1.51. The van der Waals surface area contributed by atoms with Crippen LogP contribution in [0, 0.1) is 5.92 Å². The Hall–Kier alpha value is -2.09. The van der Waals surface area contributed by atoms with E-state index in [2.05, 4.69) is 5.32 Å². The Labute approximate surface area is 140 Å². The lowest BCUT2D eigenvalue weighted by Gasteiger charge is -2.20. The van der Waals surface area contributed by atoms with E-state index in [1.165, 1.54) is 7.11 Å². The molecule has 0 radical (unpaired) electrons. The van der Waals surface area contributed by atoms with E-state index in [4.69, 9.17) is 4.74 Å². The zero-order chi connectivity index (χ0) is 17.3. The number of nitrogens with one attached hydrogen (secondary N) is 1. The number of sulfone groups is 1. The fourth-order valence-corrected chi connectivity index (χ4v) is 4.87. The van der Waals surface area contributed by atoms with Crippen molar-refractivity contribution in [2.45, 2.75) is 18.9 Å². The molecule has 130 valence electrons. The highest BCUT2D eigenvalue weighted by atomic mass is 32.2. The van der Waals surface area contributed by atoms with Gasteiger partial charge in [-0.15, -0.1) is 0 Å². The largest absolute Gasteiger partial charge is 0.495 e. The molecule has 1 N–H and O–H groups in total. The van der Waals surface area contributed by atoms with Crippen LogP contribution in [0.1, 0.15) is 12.8 Å². The van der Waals surface area contributed by atoms with Crippen molar-refractivity contribution in [3.63, 3.8) is 0 Å². The van der Waals surface area contributed by atoms with Gasteiger partial charge in [0.05, 0.1) is 30.2 Å². The SMILES string of the molecule is COc1ccccc1N1CC(C(=O)NC2CCS(=O)(=O)C2)CC1=O. The molecule has 1 aromatic carbocycles. The molecule has 2 saturated heterocycles. The number of rotatable bonds is 4. The molecular weight excluding hydrogens is 332 g/mol. The predicted molar refractivity (Wildman–Crippen MR) is 88.7 cm³/mol. The zero-order valence-corrected chi connectivity index (χ0v) is 14.2. The van der Waals surface area contributed by atoms with Gasteiger partial charge in [-0.05, 0) is 18.6 Å². The quantitative estimate of drug-likeness (QED) is 0.844. The molecule has 0 aromatic heterocycles. The zero-order valence-electron chi connectivity index (χ0n) is 13.4. The molecule has 0 spiro atoms. The third-order valence-electron chi connectivity index (χ3n) is 4.45. The number of carbonyl (C=O) groups excluding carboxylic acids is 2. The maximum Gasteiger partial charge on any atom is 0.227 e. The molecule has 2 amide bonds. The molecule has 24 heavy (non-hydrogen) atoms. The number of para-hydroxylation sites is 2. The van der Waals surface area contributed by atoms with Gasteiger partial charge in [0.15, 0.2) is 9.84 Å². The van der Waals surface area contributed by atoms with Crippen LogP contribution in [0.5, 0.6) is 5.75 Å². The second kappa shape index (κ2) is 6.43. The lowest BCUT2D eigenvalue weighted by Crippen LogP contribution is -2.40. The number of methoxy groups -OCH3 is 1. The van der Waals surface area contributed by atoms with Crippen molar-refractivity contribution in [1.29, 1.82) is 0 Å². The van der Waals surface area contributed by atoms with Crippen LogP contribution in [0.2, 0.25) is 0 Å². The van der Waals surface area contributed by atoms with Gasteiger partial charge in [0.1, 0.15) is 5.75 Å². The van der Waals surface area contributed by atoms with Gasteiger partial charge in [-0.2, -0.15) is 0 Å². The van der Waals surface area contributed by atoms with Crippen molar-refractivity contribution in [1.82, 2.24) is 5.32 Å². The first-order valence-corrected chi connectivity index (χ1v) is 9.66. The van der Waals surface area contributed by atoms with Crippen LogP contribution < -0.4 is 15.0 Å². The molecule has 0 saturated carbocycles. The topological polar surface area (TPSA) is 92.8 Å². The van der Waals surface area contributed by atoms with Crippen LogP contribution in [-0.2, 0) is 19.4 Å². The van der Waals surface area contributed by atoms with Crippen LogP contribution in [0.15, 0.2) is 24.3 Å². The molecule has 2 aliphatic heterocycles. The molecule has 7 nitrogen and oxygen atoms in total. The summed E-state index contributed by atoms with van der Waals surface area (Å²) in [6.45, 7) is 0.268. The molecule has 8 heteroatoms. The van der Waals surface area contributed by atoms with Crippen LogP contribution in [0.3, 0.4) is 0 Å². The molecule has 0 bridgehead atoms. The highest BCUT2D eigenvalue weighted by Gasteiger charge is 2.38. The average molecular weight is 352 g/mol. The first-order valence-electron chi connectivity index (χ1n) is 7.84. The van der Waals surface area contributed by atoms with Crippen molar-refractivity contribution in [2.75, 3.05) is 30.1 Å². The summed E-state index contributed by atoms with van der Waals surface area (Å²) in [6.07, 6.45) is 0.550. The fourth-order valence-electron chi connectivity index (χ4n) is 3.20. The summed E-state index contributed by atoms with van der Waals surface area (Å²) in [4.78, 5) is 26.2. The highest BCUT2D eigenvalue weighted by molar-refractivity contribution is 7.91. The van der Waals surface area contributed by atoms with Gasteiger partial charge >= 0.3 is 0 Å². The maximum absolute atomic E-state index is 12.4. The van der Waals surface area contributed by atoms with Crippen molar-refractivity contribution >= 4 is 27.3 Å². The number of anilines is 1. The van der Waals surface area contributed by atoms with Gasteiger partial charge in [-0.25, -0.2) is 8.42 Å². The van der Waals surface area contributed by atoms with Crippen LogP contribution in [-0.4, -0.2) is 51.4 Å². The molecular formula is C16H20N2O5S. The standard InChI is InChI=1S/C16H20N2O5S/c1-23-14-5-3-2-4-13(14)18-9-11(8-15(18)19)16(20)17-12-6-7-24(21,22)10-12/h2-5,11-12H,6-10H2,1H3,(H,17,20). The van der Waals surface area contributed by atoms with E-state index in [9.17, 15) is 18.0 Å². The number of carbonyl (C=O) groups is 2. The number of benzene rings is 1. The van der Waals surface area contributed by atoms with Gasteiger partial charge in [0.25, 0.3) is 0 Å². The Morgan fingerprint density at radius 2 is 2.08 bits per heavy atom. The first kappa shape index (κ1) is 16.8. The lowest BCUT2D eigenvalue weighted by molar-refractivity contribution is -0.126. The minimum Gasteiger partial charge on any atom is -0.495 e. The van der Waals surface area contributed by atoms with E-state index < -0.39 is 15.8 Å². The molecule has 3 rings (SSSR count). The van der Waals surface area contributed by atoms with E-state index in [1.807, 2.05) is 12.1 Å². The summed E-state index contributed by atoms with van der Waals surface area (Å²) in [6, 6.07) is 6.81. The van der Waals surface area contributed by atoms with Gasteiger partial charge in [-0.3, -0.25) is 9.59 Å². The van der Waals surface area contributed by atoms with Crippen molar-refractivity contribution in [3.8, 4) is 5.75 Å². The number of hydrogen-bond acceptors (Lipinski definition) is 5. The molecule has 0 aliphatic carbocycles. The summed E-state index contributed by atoms with van der Waals surface area (Å²) in [5.41, 5.74) is 0.642. The first-order chi connectivity index (χ1) is 11.4. The van der Waals surface area contributed by atoms with Gasteiger partial charge in [0, 0.05) is 19.0 Å². The smallest absolute Gasteiger partial charge is 0.227 e. The lowest BCUT2D eigenvalue weighted by atomic mass is 10.1. The molecule has 2 fully saturated rings. The van der Waals surface area contributed by atoms with E-state index in [0.717, 1.165) is 0 Å². The highest BCUT2D eigenvalue weighted by Crippen LogP contribution is 2.32. The predicted octanol–water partition coefficient (Wildman–Crippen LogP) is 0.351. The van der Waals surface area contributed by atoms with Gasteiger partial charge in [0.2, 0.25) is 11.8 Å². The molecule has 1 aromatic rings. The van der Waals surface area contributed by atoms with Crippen LogP contribution in [0.4, 0.5) is 5.69 Å². The summed E-state index contributed by atoms with van der Waals surface area (Å²) in [5, 5.41) is 2.77. The maximum atomic E-state index is 12.4.